The second-order valence-electron chi connectivity index (χ2n) is 3.36. The van der Waals surface area contributed by atoms with Crippen molar-refractivity contribution in [1.29, 1.82) is 0 Å². The van der Waals surface area contributed by atoms with Gasteiger partial charge in [-0.15, -0.1) is 0 Å². The van der Waals surface area contributed by atoms with Crippen molar-refractivity contribution in [2.24, 2.45) is 0 Å². The molecule has 0 spiro atoms. The van der Waals surface area contributed by atoms with Crippen LogP contribution in [0.1, 0.15) is 0 Å². The molecule has 2 aromatic rings. The number of aliphatic hydroxyl groups is 2. The minimum absolute atomic E-state index is 0.202. The normalized spacial score (nSPS) is 13.3. The van der Waals surface area contributed by atoms with Gasteiger partial charge in [0.15, 0.2) is 0 Å². The van der Waals surface area contributed by atoms with E-state index in [-0.39, 0.29) is 6.61 Å². The Balaban J connectivity index is 2.33. The number of aromatic nitrogens is 1. The summed E-state index contributed by atoms with van der Waals surface area (Å²) >= 11 is 0. The van der Waals surface area contributed by atoms with E-state index in [0.29, 0.717) is 6.54 Å². The highest BCUT2D eigenvalue weighted by molar-refractivity contribution is 5.79. The maximum Gasteiger partial charge on any atom is 0.0949 e. The van der Waals surface area contributed by atoms with E-state index in [2.05, 4.69) is 0 Å². The van der Waals surface area contributed by atoms with Crippen LogP contribution < -0.4 is 0 Å². The summed E-state index contributed by atoms with van der Waals surface area (Å²) < 4.78 is 1.94. The molecule has 2 rings (SSSR count). The quantitative estimate of drug-likeness (QED) is 0.760. The number of aliphatic hydroxyl groups excluding tert-OH is 2. The van der Waals surface area contributed by atoms with Gasteiger partial charge in [0.05, 0.1) is 19.3 Å². The van der Waals surface area contributed by atoms with Crippen LogP contribution in [-0.2, 0) is 6.54 Å². The van der Waals surface area contributed by atoms with Crippen molar-refractivity contribution in [1.82, 2.24) is 4.57 Å². The van der Waals surface area contributed by atoms with Crippen LogP contribution in [0.3, 0.4) is 0 Å². The van der Waals surface area contributed by atoms with Crippen molar-refractivity contribution in [3.8, 4) is 0 Å². The lowest BCUT2D eigenvalue weighted by Gasteiger charge is -2.09. The Morgan fingerprint density at radius 3 is 2.79 bits per heavy atom. The Morgan fingerprint density at radius 2 is 2.00 bits per heavy atom. The highest BCUT2D eigenvalue weighted by atomic mass is 16.3. The van der Waals surface area contributed by atoms with Gasteiger partial charge >= 0.3 is 0 Å². The zero-order valence-corrected chi connectivity index (χ0v) is 7.80. The summed E-state index contributed by atoms with van der Waals surface area (Å²) in [5.74, 6) is 0. The average molecular weight is 191 g/mol. The van der Waals surface area contributed by atoms with Crippen LogP contribution in [0.15, 0.2) is 36.5 Å². The molecular formula is C11H13NO2. The zero-order valence-electron chi connectivity index (χ0n) is 7.80. The summed E-state index contributed by atoms with van der Waals surface area (Å²) in [5.41, 5.74) is 1.08. The molecule has 0 aliphatic heterocycles. The summed E-state index contributed by atoms with van der Waals surface area (Å²) in [7, 11) is 0. The SMILES string of the molecule is OCC(O)Cn1ccc2ccccc21. The molecule has 0 bridgehead atoms. The number of nitrogens with zero attached hydrogens (tertiary/aromatic N) is 1. The van der Waals surface area contributed by atoms with Crippen LogP contribution in [0.25, 0.3) is 10.9 Å². The molecule has 1 atom stereocenters. The number of hydrogen-bond donors (Lipinski definition) is 2. The van der Waals surface area contributed by atoms with Crippen molar-refractivity contribution in [3.63, 3.8) is 0 Å². The molecule has 2 N–H and O–H groups in total. The fourth-order valence-electron chi connectivity index (χ4n) is 1.58. The third-order valence-electron chi connectivity index (χ3n) is 2.30. The first-order chi connectivity index (χ1) is 6.81. The standard InChI is InChI=1S/C11H13NO2/c13-8-10(14)7-12-6-5-9-3-1-2-4-11(9)12/h1-6,10,13-14H,7-8H2. The van der Waals surface area contributed by atoms with Crippen molar-refractivity contribution in [2.45, 2.75) is 12.6 Å². The van der Waals surface area contributed by atoms with Gasteiger partial charge in [0, 0.05) is 11.7 Å². The third kappa shape index (κ3) is 1.64. The Hall–Kier alpha value is -1.32. The zero-order chi connectivity index (χ0) is 9.97. The minimum Gasteiger partial charge on any atom is -0.394 e. The van der Waals surface area contributed by atoms with Crippen LogP contribution in [0, 0.1) is 0 Å². The molecule has 0 saturated heterocycles. The molecule has 1 aromatic heterocycles. The van der Waals surface area contributed by atoms with Gasteiger partial charge in [0.1, 0.15) is 0 Å². The Labute approximate surface area is 82.2 Å². The topological polar surface area (TPSA) is 45.4 Å². The summed E-state index contributed by atoms with van der Waals surface area (Å²) in [5, 5.41) is 19.2. The van der Waals surface area contributed by atoms with Gasteiger partial charge in [-0.25, -0.2) is 0 Å². The van der Waals surface area contributed by atoms with Crippen LogP contribution in [0.5, 0.6) is 0 Å². The molecular weight excluding hydrogens is 178 g/mol. The Bertz CT molecular complexity index is 422. The highest BCUT2D eigenvalue weighted by Crippen LogP contribution is 2.15. The highest BCUT2D eigenvalue weighted by Gasteiger charge is 2.05. The van der Waals surface area contributed by atoms with Crippen molar-refractivity contribution in [2.75, 3.05) is 6.61 Å². The van der Waals surface area contributed by atoms with Crippen LogP contribution in [0.4, 0.5) is 0 Å². The van der Waals surface area contributed by atoms with Crippen LogP contribution in [-0.4, -0.2) is 27.5 Å². The monoisotopic (exact) mass is 191 g/mol. The van der Waals surface area contributed by atoms with Crippen molar-refractivity contribution >= 4 is 10.9 Å². The molecule has 3 nitrogen and oxygen atoms in total. The van der Waals surface area contributed by atoms with E-state index in [0.717, 1.165) is 10.9 Å². The van der Waals surface area contributed by atoms with Gasteiger partial charge < -0.3 is 14.8 Å². The Morgan fingerprint density at radius 1 is 1.21 bits per heavy atom. The molecule has 0 amide bonds. The number of fused-ring (bicyclic) bond motifs is 1. The summed E-state index contributed by atoms with van der Waals surface area (Å²) in [6.45, 7) is 0.233. The number of benzene rings is 1. The van der Waals surface area contributed by atoms with Crippen LogP contribution in [0.2, 0.25) is 0 Å². The number of rotatable bonds is 3. The summed E-state index contributed by atoms with van der Waals surface area (Å²) in [6.07, 6.45) is 1.23. The second-order valence-corrected chi connectivity index (χ2v) is 3.36. The van der Waals surface area contributed by atoms with Gasteiger partial charge in [-0.2, -0.15) is 0 Å². The van der Waals surface area contributed by atoms with Gasteiger partial charge in [-0.3, -0.25) is 0 Å². The van der Waals surface area contributed by atoms with E-state index in [9.17, 15) is 5.11 Å². The lowest BCUT2D eigenvalue weighted by molar-refractivity contribution is 0.0822. The van der Waals surface area contributed by atoms with E-state index < -0.39 is 6.10 Å². The number of hydrogen-bond acceptors (Lipinski definition) is 2. The fraction of sp³-hybridized carbons (Fsp3) is 0.273. The number of para-hydroxylation sites is 1. The molecule has 1 unspecified atom stereocenters. The first-order valence-electron chi connectivity index (χ1n) is 4.64. The molecule has 0 aliphatic rings. The lowest BCUT2D eigenvalue weighted by atomic mass is 10.2. The molecule has 74 valence electrons. The maximum atomic E-state index is 9.32. The smallest absolute Gasteiger partial charge is 0.0949 e. The van der Waals surface area contributed by atoms with Gasteiger partial charge in [0.2, 0.25) is 0 Å². The van der Waals surface area contributed by atoms with Crippen molar-refractivity contribution < 1.29 is 10.2 Å². The molecule has 1 heterocycles. The average Bonchev–Trinajstić information content (AvgIpc) is 2.62. The van der Waals surface area contributed by atoms with E-state index >= 15 is 0 Å². The first-order valence-corrected chi connectivity index (χ1v) is 4.64. The van der Waals surface area contributed by atoms with E-state index in [1.807, 2.05) is 41.1 Å². The summed E-state index contributed by atoms with van der Waals surface area (Å²) in [4.78, 5) is 0. The van der Waals surface area contributed by atoms with Crippen molar-refractivity contribution in [3.05, 3.63) is 36.5 Å². The molecule has 0 aliphatic carbocycles. The van der Waals surface area contributed by atoms with Gasteiger partial charge in [-0.1, -0.05) is 18.2 Å². The largest absolute Gasteiger partial charge is 0.394 e. The fourth-order valence-corrected chi connectivity index (χ4v) is 1.58. The van der Waals surface area contributed by atoms with E-state index in [1.165, 1.54) is 0 Å². The van der Waals surface area contributed by atoms with Crippen LogP contribution >= 0.6 is 0 Å². The molecule has 14 heavy (non-hydrogen) atoms. The van der Waals surface area contributed by atoms with E-state index in [1.54, 1.807) is 0 Å². The second kappa shape index (κ2) is 3.82. The Kier molecular flexibility index (Phi) is 2.52. The maximum absolute atomic E-state index is 9.32. The van der Waals surface area contributed by atoms with Gasteiger partial charge in [0.25, 0.3) is 0 Å². The summed E-state index contributed by atoms with van der Waals surface area (Å²) in [6, 6.07) is 9.97. The molecule has 0 radical (unpaired) electrons. The molecule has 0 saturated carbocycles. The molecule has 1 aromatic carbocycles. The van der Waals surface area contributed by atoms with Gasteiger partial charge in [-0.05, 0) is 17.5 Å². The minimum atomic E-state index is -0.689. The van der Waals surface area contributed by atoms with E-state index in [4.69, 9.17) is 5.11 Å². The third-order valence-corrected chi connectivity index (χ3v) is 2.30. The first kappa shape index (κ1) is 9.24. The molecule has 0 fully saturated rings. The lowest BCUT2D eigenvalue weighted by Crippen LogP contribution is -2.19. The predicted molar refractivity (Wildman–Crippen MR) is 55.0 cm³/mol. The molecule has 3 heteroatoms. The predicted octanol–water partition coefficient (Wildman–Crippen LogP) is 0.994.